The SMILES string of the molecule is N#Cc1ccccc1-c1ccc(N(C=O)Cc2cccnc2)c(NCCc2cc(F)cc(F)c2)n1. The molecule has 35 heavy (non-hydrogen) atoms. The van der Waals surface area contributed by atoms with Crippen LogP contribution in [0.5, 0.6) is 0 Å². The number of halogens is 2. The Morgan fingerprint density at radius 3 is 2.51 bits per heavy atom. The summed E-state index contributed by atoms with van der Waals surface area (Å²) in [5.74, 6) is -0.877. The van der Waals surface area contributed by atoms with Crippen LogP contribution >= 0.6 is 0 Å². The van der Waals surface area contributed by atoms with Crippen molar-refractivity contribution in [3.8, 4) is 17.3 Å². The number of amides is 1. The zero-order valence-corrected chi connectivity index (χ0v) is 18.7. The molecule has 0 saturated heterocycles. The van der Waals surface area contributed by atoms with Gasteiger partial charge in [0.05, 0.1) is 29.6 Å². The van der Waals surface area contributed by atoms with Crippen LogP contribution < -0.4 is 10.2 Å². The van der Waals surface area contributed by atoms with Gasteiger partial charge in [0.25, 0.3) is 0 Å². The number of nitriles is 1. The van der Waals surface area contributed by atoms with Crippen molar-refractivity contribution >= 4 is 17.9 Å². The van der Waals surface area contributed by atoms with Gasteiger partial charge < -0.3 is 10.2 Å². The molecule has 0 unspecified atom stereocenters. The third-order valence-electron chi connectivity index (χ3n) is 5.34. The Kier molecular flexibility index (Phi) is 7.38. The van der Waals surface area contributed by atoms with Crippen LogP contribution in [-0.4, -0.2) is 22.9 Å². The molecule has 0 saturated carbocycles. The minimum absolute atomic E-state index is 0.275. The summed E-state index contributed by atoms with van der Waals surface area (Å²) >= 11 is 0. The summed E-state index contributed by atoms with van der Waals surface area (Å²) in [6.07, 6.45) is 4.37. The van der Waals surface area contributed by atoms with Crippen LogP contribution in [0, 0.1) is 23.0 Å². The molecule has 0 fully saturated rings. The highest BCUT2D eigenvalue weighted by molar-refractivity contribution is 5.83. The number of carbonyl (C=O) groups excluding carboxylic acids is 1. The topological polar surface area (TPSA) is 81.9 Å². The van der Waals surface area contributed by atoms with Gasteiger partial charge in [-0.25, -0.2) is 13.8 Å². The van der Waals surface area contributed by atoms with E-state index in [4.69, 9.17) is 4.98 Å². The smallest absolute Gasteiger partial charge is 0.214 e. The average molecular weight is 469 g/mol. The van der Waals surface area contributed by atoms with Crippen molar-refractivity contribution in [3.05, 3.63) is 107 Å². The fourth-order valence-corrected chi connectivity index (χ4v) is 3.72. The third-order valence-corrected chi connectivity index (χ3v) is 5.34. The van der Waals surface area contributed by atoms with E-state index in [2.05, 4.69) is 16.4 Å². The van der Waals surface area contributed by atoms with E-state index in [0.717, 1.165) is 11.6 Å². The number of hydrogen-bond donors (Lipinski definition) is 1. The molecule has 2 aromatic heterocycles. The minimum Gasteiger partial charge on any atom is -0.368 e. The molecule has 0 bridgehead atoms. The number of pyridine rings is 2. The van der Waals surface area contributed by atoms with Gasteiger partial charge in [-0.05, 0) is 53.9 Å². The molecule has 0 spiro atoms. The van der Waals surface area contributed by atoms with E-state index in [9.17, 15) is 18.8 Å². The Balaban J connectivity index is 1.66. The summed E-state index contributed by atoms with van der Waals surface area (Å²) in [6, 6.07) is 19.8. The van der Waals surface area contributed by atoms with Gasteiger partial charge in [0.1, 0.15) is 11.6 Å². The molecule has 6 nitrogen and oxygen atoms in total. The Bertz CT molecular complexity index is 1350. The minimum atomic E-state index is -0.641. The zero-order valence-electron chi connectivity index (χ0n) is 18.7. The highest BCUT2D eigenvalue weighted by Crippen LogP contribution is 2.30. The van der Waals surface area contributed by atoms with Gasteiger partial charge >= 0.3 is 0 Å². The lowest BCUT2D eigenvalue weighted by atomic mass is 10.0. The lowest BCUT2D eigenvalue weighted by Gasteiger charge is -2.22. The molecule has 4 aromatic rings. The quantitative estimate of drug-likeness (QED) is 0.345. The van der Waals surface area contributed by atoms with Crippen molar-refractivity contribution in [2.45, 2.75) is 13.0 Å². The van der Waals surface area contributed by atoms with E-state index in [1.165, 1.54) is 17.0 Å². The van der Waals surface area contributed by atoms with Crippen molar-refractivity contribution in [2.75, 3.05) is 16.8 Å². The van der Waals surface area contributed by atoms with Gasteiger partial charge in [0.15, 0.2) is 5.82 Å². The number of hydrogen-bond acceptors (Lipinski definition) is 5. The molecule has 174 valence electrons. The van der Waals surface area contributed by atoms with Crippen LogP contribution in [0.2, 0.25) is 0 Å². The molecular weight excluding hydrogens is 448 g/mol. The highest BCUT2D eigenvalue weighted by atomic mass is 19.1. The van der Waals surface area contributed by atoms with E-state index in [-0.39, 0.29) is 6.54 Å². The number of carbonyl (C=O) groups is 1. The Morgan fingerprint density at radius 1 is 1.00 bits per heavy atom. The van der Waals surface area contributed by atoms with Crippen LogP contribution in [-0.2, 0) is 17.8 Å². The maximum absolute atomic E-state index is 13.6. The van der Waals surface area contributed by atoms with Crippen molar-refractivity contribution in [2.24, 2.45) is 0 Å². The number of benzene rings is 2. The van der Waals surface area contributed by atoms with Crippen molar-refractivity contribution in [3.63, 3.8) is 0 Å². The first-order valence-electron chi connectivity index (χ1n) is 10.9. The number of anilines is 2. The molecule has 1 N–H and O–H groups in total. The monoisotopic (exact) mass is 469 g/mol. The second-order valence-corrected chi connectivity index (χ2v) is 7.77. The molecule has 0 aliphatic rings. The Morgan fingerprint density at radius 2 is 1.80 bits per heavy atom. The molecular formula is C27H21F2N5O. The fraction of sp³-hybridized carbons (Fsp3) is 0.111. The fourth-order valence-electron chi connectivity index (χ4n) is 3.72. The number of rotatable bonds is 9. The zero-order chi connectivity index (χ0) is 24.6. The van der Waals surface area contributed by atoms with Crippen LogP contribution in [0.4, 0.5) is 20.3 Å². The van der Waals surface area contributed by atoms with E-state index in [0.29, 0.717) is 53.3 Å². The molecule has 0 atom stereocenters. The van der Waals surface area contributed by atoms with Gasteiger partial charge in [0.2, 0.25) is 6.41 Å². The van der Waals surface area contributed by atoms with Gasteiger partial charge in [-0.1, -0.05) is 24.3 Å². The molecule has 0 aliphatic carbocycles. The lowest BCUT2D eigenvalue weighted by Crippen LogP contribution is -2.23. The normalized spacial score (nSPS) is 10.4. The first kappa shape index (κ1) is 23.5. The molecule has 2 heterocycles. The number of aromatic nitrogens is 2. The largest absolute Gasteiger partial charge is 0.368 e. The van der Waals surface area contributed by atoms with E-state index in [1.807, 2.05) is 12.1 Å². The maximum atomic E-state index is 13.6. The summed E-state index contributed by atoms with van der Waals surface area (Å²) in [5, 5.41) is 12.7. The third kappa shape index (κ3) is 5.84. The predicted octanol–water partition coefficient (Wildman–Crippen LogP) is 5.11. The second kappa shape index (κ2) is 11.0. The molecule has 4 rings (SSSR count). The summed E-state index contributed by atoms with van der Waals surface area (Å²) in [6.45, 7) is 0.586. The van der Waals surface area contributed by atoms with Crippen molar-refractivity contribution < 1.29 is 13.6 Å². The Hall–Kier alpha value is -4.64. The lowest BCUT2D eigenvalue weighted by molar-refractivity contribution is -0.107. The maximum Gasteiger partial charge on any atom is 0.214 e. The summed E-state index contributed by atoms with van der Waals surface area (Å²) in [7, 11) is 0. The first-order valence-corrected chi connectivity index (χ1v) is 10.9. The molecule has 1 amide bonds. The summed E-state index contributed by atoms with van der Waals surface area (Å²) in [4.78, 5) is 22.3. The van der Waals surface area contributed by atoms with Crippen molar-refractivity contribution in [1.29, 1.82) is 5.26 Å². The van der Waals surface area contributed by atoms with Crippen LogP contribution in [0.1, 0.15) is 16.7 Å². The van der Waals surface area contributed by atoms with Gasteiger partial charge in [-0.15, -0.1) is 0 Å². The standard InChI is InChI=1S/C27H21F2N5O/c28-22-12-19(13-23(29)14-22)9-11-32-27-26(34(18-35)17-20-4-3-10-31-16-20)8-7-25(33-27)24-6-2-1-5-21(24)15-30/h1-8,10,12-14,16,18H,9,11,17H2,(H,32,33). The number of nitrogens with one attached hydrogen (secondary N) is 1. The molecule has 8 heteroatoms. The summed E-state index contributed by atoms with van der Waals surface area (Å²) in [5.41, 5.74) is 3.52. The van der Waals surface area contributed by atoms with Crippen LogP contribution in [0.25, 0.3) is 11.3 Å². The molecule has 2 aromatic carbocycles. The van der Waals surface area contributed by atoms with E-state index in [1.54, 1.807) is 48.8 Å². The summed E-state index contributed by atoms with van der Waals surface area (Å²) < 4.78 is 27.1. The van der Waals surface area contributed by atoms with Crippen LogP contribution in [0.15, 0.2) is 79.1 Å². The predicted molar refractivity (Wildman–Crippen MR) is 129 cm³/mol. The number of nitrogens with zero attached hydrogens (tertiary/aromatic N) is 4. The Labute approximate surface area is 201 Å². The van der Waals surface area contributed by atoms with Gasteiger partial charge in [-0.3, -0.25) is 9.78 Å². The molecule has 0 radical (unpaired) electrons. The van der Waals surface area contributed by atoms with E-state index < -0.39 is 11.6 Å². The first-order chi connectivity index (χ1) is 17.1. The molecule has 0 aliphatic heterocycles. The van der Waals surface area contributed by atoms with E-state index >= 15 is 0 Å². The van der Waals surface area contributed by atoms with Gasteiger partial charge in [0, 0.05) is 30.6 Å². The van der Waals surface area contributed by atoms with Gasteiger partial charge in [-0.2, -0.15) is 5.26 Å². The van der Waals surface area contributed by atoms with Crippen molar-refractivity contribution in [1.82, 2.24) is 9.97 Å². The average Bonchev–Trinajstić information content (AvgIpc) is 2.87. The second-order valence-electron chi connectivity index (χ2n) is 7.77. The highest BCUT2D eigenvalue weighted by Gasteiger charge is 2.16. The van der Waals surface area contributed by atoms with Crippen LogP contribution in [0.3, 0.4) is 0 Å².